The number of ether oxygens (including phenoxy) is 1. The fourth-order valence-corrected chi connectivity index (χ4v) is 4.10. The van der Waals surface area contributed by atoms with Gasteiger partial charge in [0, 0.05) is 28.2 Å². The van der Waals surface area contributed by atoms with Gasteiger partial charge in [-0.05, 0) is 42.0 Å². The molecule has 1 aliphatic carbocycles. The van der Waals surface area contributed by atoms with Crippen molar-refractivity contribution in [3.8, 4) is 16.9 Å². The van der Waals surface area contributed by atoms with Crippen LogP contribution in [-0.4, -0.2) is 12.1 Å². The lowest BCUT2D eigenvalue weighted by atomic mass is 9.82. The molecule has 0 spiro atoms. The molecule has 0 saturated heterocycles. The van der Waals surface area contributed by atoms with Gasteiger partial charge in [0.25, 0.3) is 0 Å². The minimum Gasteiger partial charge on any atom is -0.496 e. The topological polar surface area (TPSA) is 22.1 Å². The van der Waals surface area contributed by atoms with Crippen LogP contribution < -0.4 is 4.74 Å². The molecule has 27 heavy (non-hydrogen) atoms. The lowest BCUT2D eigenvalue weighted by Crippen LogP contribution is -2.17. The number of aromatic nitrogens is 1. The summed E-state index contributed by atoms with van der Waals surface area (Å²) in [6.07, 6.45) is 5.22. The molecule has 0 aliphatic heterocycles. The van der Waals surface area contributed by atoms with E-state index in [2.05, 4.69) is 71.9 Å². The van der Waals surface area contributed by atoms with E-state index in [1.807, 2.05) is 0 Å². The maximum absolute atomic E-state index is 5.74. The highest BCUT2D eigenvalue weighted by molar-refractivity contribution is 5.74. The van der Waals surface area contributed by atoms with Gasteiger partial charge >= 0.3 is 0 Å². The largest absolute Gasteiger partial charge is 0.496 e. The Hall–Kier alpha value is -1.83. The normalized spacial score (nSPS) is 16.0. The van der Waals surface area contributed by atoms with E-state index in [4.69, 9.17) is 9.72 Å². The highest BCUT2D eigenvalue weighted by Gasteiger charge is 2.26. The fourth-order valence-electron chi connectivity index (χ4n) is 4.10. The Morgan fingerprint density at radius 1 is 0.852 bits per heavy atom. The van der Waals surface area contributed by atoms with E-state index >= 15 is 0 Å². The summed E-state index contributed by atoms with van der Waals surface area (Å²) in [6, 6.07) is 11.1. The second-order valence-corrected chi connectivity index (χ2v) is 10.0. The summed E-state index contributed by atoms with van der Waals surface area (Å²) in [5.41, 5.74) is 6.20. The van der Waals surface area contributed by atoms with Crippen molar-refractivity contribution in [3.05, 3.63) is 47.3 Å². The van der Waals surface area contributed by atoms with E-state index in [1.54, 1.807) is 7.11 Å². The zero-order chi connectivity index (χ0) is 19.8. The summed E-state index contributed by atoms with van der Waals surface area (Å²) in [7, 11) is 1.76. The van der Waals surface area contributed by atoms with Gasteiger partial charge in [-0.3, -0.25) is 4.98 Å². The molecule has 2 heteroatoms. The first kappa shape index (κ1) is 19.9. The molecule has 3 rings (SSSR count). The van der Waals surface area contributed by atoms with Crippen LogP contribution in [0.1, 0.15) is 90.1 Å². The molecule has 0 N–H and O–H groups in total. The van der Waals surface area contributed by atoms with E-state index in [0.29, 0.717) is 5.92 Å². The highest BCUT2D eigenvalue weighted by Crippen LogP contribution is 2.41. The molecule has 2 nitrogen and oxygen atoms in total. The van der Waals surface area contributed by atoms with Gasteiger partial charge in [0.05, 0.1) is 12.8 Å². The van der Waals surface area contributed by atoms with Crippen LogP contribution in [0.15, 0.2) is 30.3 Å². The Morgan fingerprint density at radius 3 is 2.07 bits per heavy atom. The summed E-state index contributed by atoms with van der Waals surface area (Å²) in [4.78, 5) is 5.21. The van der Waals surface area contributed by atoms with Gasteiger partial charge in [-0.15, -0.1) is 0 Å². The SMILES string of the molecule is COc1ccc(C(C)(C)C)cc1-c1ccc(C2CCCC2)nc1C(C)(C)C. The average Bonchev–Trinajstić information content (AvgIpc) is 3.13. The Labute approximate surface area is 165 Å². The van der Waals surface area contributed by atoms with E-state index in [0.717, 1.165) is 11.3 Å². The van der Waals surface area contributed by atoms with E-state index in [-0.39, 0.29) is 10.8 Å². The minimum atomic E-state index is -0.0211. The highest BCUT2D eigenvalue weighted by atomic mass is 16.5. The molecule has 0 radical (unpaired) electrons. The summed E-state index contributed by atoms with van der Waals surface area (Å²) in [5.74, 6) is 1.55. The van der Waals surface area contributed by atoms with Gasteiger partial charge in [0.15, 0.2) is 0 Å². The fraction of sp³-hybridized carbons (Fsp3) is 0.560. The number of methoxy groups -OCH3 is 1. The van der Waals surface area contributed by atoms with Gasteiger partial charge < -0.3 is 4.74 Å². The molecule has 2 aromatic rings. The van der Waals surface area contributed by atoms with Crippen molar-refractivity contribution in [1.82, 2.24) is 4.98 Å². The zero-order valence-electron chi connectivity index (χ0n) is 18.1. The van der Waals surface area contributed by atoms with E-state index in [9.17, 15) is 0 Å². The van der Waals surface area contributed by atoms with E-state index in [1.165, 1.54) is 48.2 Å². The van der Waals surface area contributed by atoms with Crippen molar-refractivity contribution in [2.45, 2.75) is 84.0 Å². The molecule has 1 aliphatic rings. The number of benzene rings is 1. The Morgan fingerprint density at radius 2 is 1.52 bits per heavy atom. The van der Waals surface area contributed by atoms with Gasteiger partial charge in [-0.25, -0.2) is 0 Å². The number of hydrogen-bond acceptors (Lipinski definition) is 2. The van der Waals surface area contributed by atoms with Crippen molar-refractivity contribution in [3.63, 3.8) is 0 Å². The van der Waals surface area contributed by atoms with Crippen LogP contribution in [0.3, 0.4) is 0 Å². The third-order valence-electron chi connectivity index (χ3n) is 5.76. The third kappa shape index (κ3) is 4.20. The third-order valence-corrected chi connectivity index (χ3v) is 5.76. The molecular weight excluding hydrogens is 330 g/mol. The Balaban J connectivity index is 2.18. The predicted octanol–water partition coefficient (Wildman–Crippen LogP) is 7.01. The summed E-state index contributed by atoms with van der Waals surface area (Å²) in [5, 5.41) is 0. The number of hydrogen-bond donors (Lipinski definition) is 0. The van der Waals surface area contributed by atoms with Crippen molar-refractivity contribution in [2.24, 2.45) is 0 Å². The first-order valence-electron chi connectivity index (χ1n) is 10.3. The lowest BCUT2D eigenvalue weighted by Gasteiger charge is -2.26. The van der Waals surface area contributed by atoms with Crippen LogP contribution >= 0.6 is 0 Å². The minimum absolute atomic E-state index is 0.0211. The summed E-state index contributed by atoms with van der Waals surface area (Å²) >= 11 is 0. The van der Waals surface area contributed by atoms with Gasteiger partial charge in [0.2, 0.25) is 0 Å². The maximum Gasteiger partial charge on any atom is 0.126 e. The van der Waals surface area contributed by atoms with Crippen LogP contribution in [0.2, 0.25) is 0 Å². The summed E-state index contributed by atoms with van der Waals surface area (Å²) in [6.45, 7) is 13.5. The Kier molecular flexibility index (Phi) is 5.38. The van der Waals surface area contributed by atoms with Crippen molar-refractivity contribution >= 4 is 0 Å². The molecule has 1 heterocycles. The van der Waals surface area contributed by atoms with Crippen LogP contribution in [0.4, 0.5) is 0 Å². The van der Waals surface area contributed by atoms with Crippen LogP contribution in [-0.2, 0) is 10.8 Å². The zero-order valence-corrected chi connectivity index (χ0v) is 18.1. The average molecular weight is 366 g/mol. The van der Waals surface area contributed by atoms with E-state index < -0.39 is 0 Å². The molecule has 0 amide bonds. The quantitative estimate of drug-likeness (QED) is 0.583. The maximum atomic E-state index is 5.74. The molecule has 146 valence electrons. The molecule has 1 fully saturated rings. The van der Waals surface area contributed by atoms with Crippen molar-refractivity contribution in [1.29, 1.82) is 0 Å². The van der Waals surface area contributed by atoms with Gasteiger partial charge in [-0.1, -0.05) is 66.5 Å². The van der Waals surface area contributed by atoms with Crippen molar-refractivity contribution < 1.29 is 4.74 Å². The first-order chi connectivity index (χ1) is 12.6. The molecule has 1 aromatic carbocycles. The number of nitrogens with zero attached hydrogens (tertiary/aromatic N) is 1. The van der Waals surface area contributed by atoms with Gasteiger partial charge in [-0.2, -0.15) is 0 Å². The second kappa shape index (κ2) is 7.30. The predicted molar refractivity (Wildman–Crippen MR) is 115 cm³/mol. The van der Waals surface area contributed by atoms with Crippen LogP contribution in [0, 0.1) is 0 Å². The summed E-state index contributed by atoms with van der Waals surface area (Å²) < 4.78 is 5.74. The number of pyridine rings is 1. The van der Waals surface area contributed by atoms with Crippen LogP contribution in [0.5, 0.6) is 5.75 Å². The molecule has 1 aromatic heterocycles. The Bertz CT molecular complexity index is 802. The second-order valence-electron chi connectivity index (χ2n) is 10.0. The first-order valence-corrected chi connectivity index (χ1v) is 10.3. The van der Waals surface area contributed by atoms with Gasteiger partial charge in [0.1, 0.15) is 5.75 Å². The van der Waals surface area contributed by atoms with Crippen LogP contribution in [0.25, 0.3) is 11.1 Å². The standard InChI is InChI=1S/C25H35NO/c1-24(2,3)18-12-15-22(27-7)20(16-18)19-13-14-21(17-10-8-9-11-17)26-23(19)25(4,5)6/h12-17H,8-11H2,1-7H3. The number of rotatable bonds is 3. The van der Waals surface area contributed by atoms with Crippen molar-refractivity contribution in [2.75, 3.05) is 7.11 Å². The molecule has 0 bridgehead atoms. The molecule has 0 atom stereocenters. The molecule has 1 saturated carbocycles. The monoisotopic (exact) mass is 365 g/mol. The molecular formula is C25H35NO. The lowest BCUT2D eigenvalue weighted by molar-refractivity contribution is 0.415. The molecule has 0 unspecified atom stereocenters. The smallest absolute Gasteiger partial charge is 0.126 e.